The number of nitrogens with zero attached hydrogens (tertiary/aromatic N) is 2. The van der Waals surface area contributed by atoms with Crippen molar-refractivity contribution in [2.75, 3.05) is 13.6 Å². The highest BCUT2D eigenvalue weighted by atomic mass is 16.2. The van der Waals surface area contributed by atoms with E-state index in [4.69, 9.17) is 0 Å². The van der Waals surface area contributed by atoms with Crippen LogP contribution < -0.4 is 5.32 Å². The number of imide groups is 1. The molecule has 0 aromatic heterocycles. The van der Waals surface area contributed by atoms with Crippen molar-refractivity contribution in [1.82, 2.24) is 15.1 Å². The summed E-state index contributed by atoms with van der Waals surface area (Å²) < 4.78 is 0. The Balaban J connectivity index is 1.28. The van der Waals surface area contributed by atoms with Crippen LogP contribution in [0.25, 0.3) is 0 Å². The van der Waals surface area contributed by atoms with Gasteiger partial charge in [-0.2, -0.15) is 0 Å². The summed E-state index contributed by atoms with van der Waals surface area (Å²) in [5, 5.41) is 3.30. The average molecular weight is 373 g/mol. The molecule has 6 nitrogen and oxygen atoms in total. The van der Waals surface area contributed by atoms with Crippen molar-refractivity contribution in [3.63, 3.8) is 0 Å². The lowest BCUT2D eigenvalue weighted by Crippen LogP contribution is -2.61. The zero-order valence-corrected chi connectivity index (χ0v) is 16.3. The van der Waals surface area contributed by atoms with Crippen LogP contribution in [0.15, 0.2) is 0 Å². The van der Waals surface area contributed by atoms with Gasteiger partial charge >= 0.3 is 6.03 Å². The number of urea groups is 1. The number of hydrogen-bond donors (Lipinski definition) is 1. The van der Waals surface area contributed by atoms with Crippen molar-refractivity contribution in [2.45, 2.75) is 81.7 Å². The van der Waals surface area contributed by atoms with E-state index in [-0.39, 0.29) is 29.9 Å². The maximum Gasteiger partial charge on any atom is 0.327 e. The van der Waals surface area contributed by atoms with Crippen molar-refractivity contribution in [3.8, 4) is 0 Å². The molecule has 1 saturated heterocycles. The first-order valence-corrected chi connectivity index (χ1v) is 10.8. The molecule has 0 atom stereocenters. The molecule has 0 aromatic rings. The van der Waals surface area contributed by atoms with Crippen molar-refractivity contribution in [3.05, 3.63) is 0 Å². The number of amides is 4. The van der Waals surface area contributed by atoms with Gasteiger partial charge in [0.05, 0.1) is 0 Å². The van der Waals surface area contributed by atoms with Crippen LogP contribution in [0.1, 0.15) is 70.6 Å². The number of carbonyl (C=O) groups excluding carboxylic acids is 3. The Morgan fingerprint density at radius 3 is 2.11 bits per heavy atom. The molecule has 148 valence electrons. The molecule has 4 bridgehead atoms. The Labute approximate surface area is 161 Å². The Hall–Kier alpha value is -1.59. The molecule has 1 heterocycles. The van der Waals surface area contributed by atoms with Gasteiger partial charge < -0.3 is 10.2 Å². The van der Waals surface area contributed by atoms with Crippen LogP contribution in [0.4, 0.5) is 4.79 Å². The van der Waals surface area contributed by atoms with Gasteiger partial charge in [-0.05, 0) is 69.1 Å². The number of hydrogen-bond acceptors (Lipinski definition) is 3. The Bertz CT molecular complexity index is 647. The molecule has 1 aliphatic heterocycles. The van der Waals surface area contributed by atoms with Gasteiger partial charge in [-0.1, -0.05) is 19.3 Å². The minimum atomic E-state index is -0.698. The number of rotatable bonds is 3. The Morgan fingerprint density at radius 1 is 1.00 bits per heavy atom. The third-order valence-corrected chi connectivity index (χ3v) is 8.23. The highest BCUT2D eigenvalue weighted by molar-refractivity contribution is 6.09. The maximum atomic E-state index is 13.1. The summed E-state index contributed by atoms with van der Waals surface area (Å²) in [6.45, 7) is -0.120. The molecule has 4 amide bonds. The van der Waals surface area contributed by atoms with Crippen LogP contribution in [0, 0.1) is 17.8 Å². The predicted octanol–water partition coefficient (Wildman–Crippen LogP) is 2.67. The first-order valence-electron chi connectivity index (χ1n) is 10.8. The fourth-order valence-corrected chi connectivity index (χ4v) is 7.41. The average Bonchev–Trinajstić information content (AvgIpc) is 2.77. The van der Waals surface area contributed by atoms with Gasteiger partial charge in [0.25, 0.3) is 5.91 Å². The van der Waals surface area contributed by atoms with Gasteiger partial charge in [0.1, 0.15) is 12.1 Å². The van der Waals surface area contributed by atoms with Crippen LogP contribution in [0.3, 0.4) is 0 Å². The minimum Gasteiger partial charge on any atom is -0.349 e. The Kier molecular flexibility index (Phi) is 3.86. The SMILES string of the molecule is CN1C(=O)N(CC(=O)NC23CC4CC(CC(C4)C2)C3)C(=O)C12CCCCC2. The molecule has 0 radical (unpaired) electrons. The van der Waals surface area contributed by atoms with E-state index in [9.17, 15) is 14.4 Å². The van der Waals surface area contributed by atoms with Crippen molar-refractivity contribution < 1.29 is 14.4 Å². The van der Waals surface area contributed by atoms with E-state index in [1.807, 2.05) is 0 Å². The molecule has 1 spiro atoms. The maximum absolute atomic E-state index is 13.1. The summed E-state index contributed by atoms with van der Waals surface area (Å²) in [6, 6.07) is -0.303. The third-order valence-electron chi connectivity index (χ3n) is 8.23. The van der Waals surface area contributed by atoms with Gasteiger partial charge in [-0.3, -0.25) is 14.5 Å². The molecule has 0 unspecified atom stereocenters. The highest BCUT2D eigenvalue weighted by Gasteiger charge is 2.56. The van der Waals surface area contributed by atoms with E-state index in [2.05, 4.69) is 5.32 Å². The minimum absolute atomic E-state index is 0.0773. The lowest BCUT2D eigenvalue weighted by molar-refractivity contribution is -0.138. The van der Waals surface area contributed by atoms with Gasteiger partial charge in [0, 0.05) is 12.6 Å². The molecule has 1 N–H and O–H groups in total. The van der Waals surface area contributed by atoms with Crippen LogP contribution >= 0.6 is 0 Å². The standard InChI is InChI=1S/C21H31N3O3/c1-23-19(27)24(18(26)21(23)5-3-2-4-6-21)13-17(25)22-20-10-14-7-15(11-20)9-16(8-14)12-20/h14-16H,2-13H2,1H3,(H,22,25). The smallest absolute Gasteiger partial charge is 0.327 e. The van der Waals surface area contributed by atoms with Gasteiger partial charge in [-0.15, -0.1) is 0 Å². The number of nitrogens with one attached hydrogen (secondary N) is 1. The molecule has 27 heavy (non-hydrogen) atoms. The summed E-state index contributed by atoms with van der Waals surface area (Å²) in [4.78, 5) is 41.5. The lowest BCUT2D eigenvalue weighted by Gasteiger charge is -2.56. The van der Waals surface area contributed by atoms with E-state index in [1.165, 1.54) is 24.2 Å². The van der Waals surface area contributed by atoms with Gasteiger partial charge in [0.15, 0.2) is 0 Å². The first-order chi connectivity index (χ1) is 12.9. The van der Waals surface area contributed by atoms with E-state index >= 15 is 0 Å². The normalized spacial score (nSPS) is 39.5. The quantitative estimate of drug-likeness (QED) is 0.773. The van der Waals surface area contributed by atoms with Gasteiger partial charge in [0.2, 0.25) is 5.91 Å². The second-order valence-electron chi connectivity index (χ2n) is 10.1. The summed E-state index contributed by atoms with van der Waals surface area (Å²) in [7, 11) is 1.72. The molecular weight excluding hydrogens is 342 g/mol. The molecule has 6 aliphatic rings. The third kappa shape index (κ3) is 2.62. The first kappa shape index (κ1) is 17.5. The highest BCUT2D eigenvalue weighted by Crippen LogP contribution is 2.55. The molecule has 5 aliphatic carbocycles. The lowest BCUT2D eigenvalue weighted by atomic mass is 9.53. The van der Waals surface area contributed by atoms with E-state index in [1.54, 1.807) is 11.9 Å². The second kappa shape index (κ2) is 5.95. The predicted molar refractivity (Wildman–Crippen MR) is 99.7 cm³/mol. The fraction of sp³-hybridized carbons (Fsp3) is 0.857. The number of carbonyl (C=O) groups is 3. The molecule has 6 rings (SSSR count). The monoisotopic (exact) mass is 373 g/mol. The van der Waals surface area contributed by atoms with Crippen LogP contribution in [0.2, 0.25) is 0 Å². The molecule has 6 heteroatoms. The van der Waals surface area contributed by atoms with E-state index < -0.39 is 5.54 Å². The number of likely N-dealkylation sites (N-methyl/N-ethyl adjacent to an activating group) is 1. The summed E-state index contributed by atoms with van der Waals surface area (Å²) in [6.07, 6.45) is 11.7. The van der Waals surface area contributed by atoms with Gasteiger partial charge in [-0.25, -0.2) is 4.79 Å². The van der Waals surface area contributed by atoms with E-state index in [0.717, 1.165) is 69.1 Å². The van der Waals surface area contributed by atoms with Crippen LogP contribution in [0.5, 0.6) is 0 Å². The van der Waals surface area contributed by atoms with Crippen molar-refractivity contribution in [2.24, 2.45) is 17.8 Å². The summed E-state index contributed by atoms with van der Waals surface area (Å²) in [5.74, 6) is 1.95. The zero-order chi connectivity index (χ0) is 18.8. The zero-order valence-electron chi connectivity index (χ0n) is 16.3. The van der Waals surface area contributed by atoms with E-state index in [0.29, 0.717) is 0 Å². The van der Waals surface area contributed by atoms with Crippen LogP contribution in [-0.2, 0) is 9.59 Å². The summed E-state index contributed by atoms with van der Waals surface area (Å²) >= 11 is 0. The molecule has 0 aromatic carbocycles. The second-order valence-corrected chi connectivity index (χ2v) is 10.1. The molecular formula is C21H31N3O3. The molecule has 6 fully saturated rings. The topological polar surface area (TPSA) is 69.7 Å². The fourth-order valence-electron chi connectivity index (χ4n) is 7.41. The van der Waals surface area contributed by atoms with Crippen molar-refractivity contribution in [1.29, 1.82) is 0 Å². The summed E-state index contributed by atoms with van der Waals surface area (Å²) in [5.41, 5.74) is -0.775. The Morgan fingerprint density at radius 2 is 1.56 bits per heavy atom. The largest absolute Gasteiger partial charge is 0.349 e. The van der Waals surface area contributed by atoms with Crippen molar-refractivity contribution >= 4 is 17.8 Å². The molecule has 5 saturated carbocycles. The van der Waals surface area contributed by atoms with Crippen LogP contribution in [-0.4, -0.2) is 52.3 Å².